The molecule has 0 aliphatic heterocycles. The molecule has 0 atom stereocenters. The molecular formula is C9H10ClN3. The van der Waals surface area contributed by atoms with Crippen LogP contribution in [-0.2, 0) is 6.54 Å². The lowest BCUT2D eigenvalue weighted by atomic mass is 10.2. The monoisotopic (exact) mass is 195 g/mol. The summed E-state index contributed by atoms with van der Waals surface area (Å²) in [4.78, 5) is 3.13. The van der Waals surface area contributed by atoms with Gasteiger partial charge in [0, 0.05) is 28.8 Å². The third-order valence-corrected chi connectivity index (χ3v) is 2.47. The molecule has 1 aromatic heterocycles. The van der Waals surface area contributed by atoms with Gasteiger partial charge in [0.15, 0.2) is 0 Å². The number of aromatic amines is 1. The number of fused-ring (bicyclic) bond motifs is 1. The van der Waals surface area contributed by atoms with Gasteiger partial charge in [-0.1, -0.05) is 11.6 Å². The molecule has 0 saturated carbocycles. The Kier molecular flexibility index (Phi) is 1.90. The molecule has 4 heteroatoms. The number of nitrogens with one attached hydrogen (secondary N) is 1. The van der Waals surface area contributed by atoms with Gasteiger partial charge in [0.1, 0.15) is 0 Å². The lowest BCUT2D eigenvalue weighted by Gasteiger charge is -1.92. The Hall–Kier alpha value is -1.19. The lowest BCUT2D eigenvalue weighted by Crippen LogP contribution is -1.96. The summed E-state index contributed by atoms with van der Waals surface area (Å²) in [5.74, 6) is 0. The zero-order chi connectivity index (χ0) is 9.42. The van der Waals surface area contributed by atoms with E-state index < -0.39 is 0 Å². The summed E-state index contributed by atoms with van der Waals surface area (Å²) in [6.45, 7) is 0.410. The van der Waals surface area contributed by atoms with Crippen molar-refractivity contribution < 1.29 is 0 Å². The molecule has 2 rings (SSSR count). The molecule has 2 aromatic rings. The standard InChI is InChI=1S/C9H10ClN3/c10-9-6-3-5(12)1-2-7(6)13-8(9)4-11/h1-3,13H,4,11-12H2. The predicted molar refractivity (Wildman–Crippen MR) is 55.6 cm³/mol. The molecule has 1 aromatic carbocycles. The minimum absolute atomic E-state index is 0.410. The van der Waals surface area contributed by atoms with Crippen molar-refractivity contribution in [2.45, 2.75) is 6.54 Å². The van der Waals surface area contributed by atoms with Crippen molar-refractivity contribution >= 4 is 28.2 Å². The second-order valence-electron chi connectivity index (χ2n) is 2.93. The van der Waals surface area contributed by atoms with Crippen molar-refractivity contribution in [3.8, 4) is 0 Å². The van der Waals surface area contributed by atoms with Gasteiger partial charge in [0.2, 0.25) is 0 Å². The van der Waals surface area contributed by atoms with Crippen molar-refractivity contribution in [3.63, 3.8) is 0 Å². The number of halogens is 1. The van der Waals surface area contributed by atoms with Crippen LogP contribution in [0.2, 0.25) is 5.02 Å². The zero-order valence-electron chi connectivity index (χ0n) is 6.97. The van der Waals surface area contributed by atoms with E-state index in [0.29, 0.717) is 17.3 Å². The number of benzene rings is 1. The van der Waals surface area contributed by atoms with Crippen LogP contribution in [0.3, 0.4) is 0 Å². The number of H-pyrrole nitrogens is 1. The van der Waals surface area contributed by atoms with Crippen LogP contribution in [0, 0.1) is 0 Å². The summed E-state index contributed by atoms with van der Waals surface area (Å²) in [6, 6.07) is 5.57. The van der Waals surface area contributed by atoms with E-state index in [1.807, 2.05) is 18.2 Å². The second-order valence-corrected chi connectivity index (χ2v) is 3.30. The van der Waals surface area contributed by atoms with Crippen LogP contribution in [-0.4, -0.2) is 4.98 Å². The molecular weight excluding hydrogens is 186 g/mol. The molecule has 3 nitrogen and oxygen atoms in total. The molecule has 0 aliphatic rings. The molecule has 5 N–H and O–H groups in total. The Morgan fingerprint density at radius 2 is 2.15 bits per heavy atom. The van der Waals surface area contributed by atoms with Crippen LogP contribution in [0.4, 0.5) is 5.69 Å². The van der Waals surface area contributed by atoms with Crippen LogP contribution in [0.1, 0.15) is 5.69 Å². The molecule has 0 radical (unpaired) electrons. The van der Waals surface area contributed by atoms with Gasteiger partial charge in [-0.15, -0.1) is 0 Å². The first-order valence-corrected chi connectivity index (χ1v) is 4.36. The third-order valence-electron chi connectivity index (χ3n) is 2.03. The summed E-state index contributed by atoms with van der Waals surface area (Å²) >= 11 is 6.06. The second kappa shape index (κ2) is 2.94. The number of nitrogens with two attached hydrogens (primary N) is 2. The summed E-state index contributed by atoms with van der Waals surface area (Å²) < 4.78 is 0. The molecule has 0 saturated heterocycles. The summed E-state index contributed by atoms with van der Waals surface area (Å²) in [7, 11) is 0. The van der Waals surface area contributed by atoms with E-state index in [2.05, 4.69) is 4.98 Å². The average Bonchev–Trinajstić information content (AvgIpc) is 2.44. The van der Waals surface area contributed by atoms with Crippen molar-refractivity contribution in [1.82, 2.24) is 4.98 Å². The Balaban J connectivity index is 2.77. The van der Waals surface area contributed by atoms with Gasteiger partial charge in [-0.3, -0.25) is 0 Å². The minimum Gasteiger partial charge on any atom is -0.399 e. The molecule has 13 heavy (non-hydrogen) atoms. The maximum Gasteiger partial charge on any atom is 0.0705 e. The predicted octanol–water partition coefficient (Wildman–Crippen LogP) is 1.86. The van der Waals surface area contributed by atoms with Crippen LogP contribution < -0.4 is 11.5 Å². The normalized spacial score (nSPS) is 10.9. The highest BCUT2D eigenvalue weighted by Gasteiger charge is 2.07. The summed E-state index contributed by atoms with van der Waals surface area (Å²) in [6.07, 6.45) is 0. The van der Waals surface area contributed by atoms with Crippen LogP contribution in [0.5, 0.6) is 0 Å². The maximum atomic E-state index is 6.06. The van der Waals surface area contributed by atoms with Gasteiger partial charge in [-0.25, -0.2) is 0 Å². The van der Waals surface area contributed by atoms with Gasteiger partial charge >= 0.3 is 0 Å². The van der Waals surface area contributed by atoms with Gasteiger partial charge < -0.3 is 16.5 Å². The fraction of sp³-hybridized carbons (Fsp3) is 0.111. The Labute approximate surface area is 80.7 Å². The molecule has 0 aliphatic carbocycles. The Morgan fingerprint density at radius 1 is 1.38 bits per heavy atom. The Bertz CT molecular complexity index is 447. The molecule has 0 spiro atoms. The fourth-order valence-electron chi connectivity index (χ4n) is 1.37. The highest BCUT2D eigenvalue weighted by atomic mass is 35.5. The van der Waals surface area contributed by atoms with E-state index >= 15 is 0 Å². The minimum atomic E-state index is 0.410. The third kappa shape index (κ3) is 1.26. The SMILES string of the molecule is NCc1[nH]c2ccc(N)cc2c1Cl. The molecule has 0 fully saturated rings. The molecule has 68 valence electrons. The van der Waals surface area contributed by atoms with Crippen molar-refractivity contribution in [2.24, 2.45) is 5.73 Å². The summed E-state index contributed by atoms with van der Waals surface area (Å²) in [5.41, 5.74) is 13.7. The fourth-order valence-corrected chi connectivity index (χ4v) is 1.65. The number of aromatic nitrogens is 1. The number of nitrogen functional groups attached to an aromatic ring is 1. The van der Waals surface area contributed by atoms with E-state index in [0.717, 1.165) is 16.6 Å². The first-order valence-electron chi connectivity index (χ1n) is 3.98. The number of anilines is 1. The van der Waals surface area contributed by atoms with E-state index in [1.54, 1.807) is 0 Å². The maximum absolute atomic E-state index is 6.06. The first-order chi connectivity index (χ1) is 6.22. The van der Waals surface area contributed by atoms with Crippen molar-refractivity contribution in [1.29, 1.82) is 0 Å². The van der Waals surface area contributed by atoms with E-state index in [1.165, 1.54) is 0 Å². The molecule has 0 bridgehead atoms. The topological polar surface area (TPSA) is 67.8 Å². The van der Waals surface area contributed by atoms with E-state index in [-0.39, 0.29) is 0 Å². The van der Waals surface area contributed by atoms with Crippen LogP contribution >= 0.6 is 11.6 Å². The number of hydrogen-bond acceptors (Lipinski definition) is 2. The molecule has 0 unspecified atom stereocenters. The number of hydrogen-bond donors (Lipinski definition) is 3. The van der Waals surface area contributed by atoms with Gasteiger partial charge in [-0.05, 0) is 18.2 Å². The van der Waals surface area contributed by atoms with Gasteiger partial charge in [0.05, 0.1) is 5.02 Å². The first kappa shape index (κ1) is 8.41. The quantitative estimate of drug-likeness (QED) is 0.608. The largest absolute Gasteiger partial charge is 0.399 e. The van der Waals surface area contributed by atoms with Crippen LogP contribution in [0.25, 0.3) is 10.9 Å². The van der Waals surface area contributed by atoms with Gasteiger partial charge in [0.25, 0.3) is 0 Å². The highest BCUT2D eigenvalue weighted by molar-refractivity contribution is 6.36. The van der Waals surface area contributed by atoms with Crippen LogP contribution in [0.15, 0.2) is 18.2 Å². The zero-order valence-corrected chi connectivity index (χ0v) is 7.73. The number of rotatable bonds is 1. The molecule has 0 amide bonds. The average molecular weight is 196 g/mol. The highest BCUT2D eigenvalue weighted by Crippen LogP contribution is 2.28. The van der Waals surface area contributed by atoms with Crippen molar-refractivity contribution in [2.75, 3.05) is 5.73 Å². The Morgan fingerprint density at radius 3 is 2.85 bits per heavy atom. The lowest BCUT2D eigenvalue weighted by molar-refractivity contribution is 1.02. The van der Waals surface area contributed by atoms with E-state index in [4.69, 9.17) is 23.1 Å². The smallest absolute Gasteiger partial charge is 0.0705 e. The van der Waals surface area contributed by atoms with Gasteiger partial charge in [-0.2, -0.15) is 0 Å². The van der Waals surface area contributed by atoms with E-state index in [9.17, 15) is 0 Å². The molecule has 1 heterocycles. The summed E-state index contributed by atoms with van der Waals surface area (Å²) in [5, 5.41) is 1.60. The van der Waals surface area contributed by atoms with Crippen molar-refractivity contribution in [3.05, 3.63) is 28.9 Å².